The van der Waals surface area contributed by atoms with E-state index in [2.05, 4.69) is 23.2 Å². The summed E-state index contributed by atoms with van der Waals surface area (Å²) in [5.41, 5.74) is 4.89. The van der Waals surface area contributed by atoms with Crippen molar-refractivity contribution in [1.29, 1.82) is 0 Å². The van der Waals surface area contributed by atoms with Gasteiger partial charge in [-0.2, -0.15) is 0 Å². The van der Waals surface area contributed by atoms with Crippen molar-refractivity contribution in [3.05, 3.63) is 74.8 Å². The predicted octanol–water partition coefficient (Wildman–Crippen LogP) is 5.33. The number of ether oxygens (including phenoxy) is 1. The van der Waals surface area contributed by atoms with Crippen molar-refractivity contribution in [2.75, 3.05) is 7.11 Å². The van der Waals surface area contributed by atoms with Gasteiger partial charge in [-0.15, -0.1) is 0 Å². The van der Waals surface area contributed by atoms with Crippen molar-refractivity contribution in [3.63, 3.8) is 0 Å². The number of hydrogen-bond donors (Lipinski definition) is 1. The topological polar surface area (TPSA) is 47.0 Å². The molecule has 5 rings (SSSR count). The molecule has 0 aliphatic heterocycles. The molecule has 4 nitrogen and oxygen atoms in total. The molecule has 1 fully saturated rings. The van der Waals surface area contributed by atoms with E-state index in [1.54, 1.807) is 11.7 Å². The average Bonchev–Trinajstić information content (AvgIpc) is 2.74. The van der Waals surface area contributed by atoms with E-state index in [1.165, 1.54) is 12.0 Å². The Morgan fingerprint density at radius 2 is 1.86 bits per heavy atom. The number of methoxy groups -OCH3 is 1. The number of H-pyrrole nitrogens is 1. The molecule has 0 bridgehead atoms. The molecule has 2 aliphatic carbocycles. The van der Waals surface area contributed by atoms with Crippen LogP contribution in [-0.4, -0.2) is 16.7 Å². The van der Waals surface area contributed by atoms with Crippen LogP contribution in [0.2, 0.25) is 0 Å². The zero-order chi connectivity index (χ0) is 20.0. The molecule has 29 heavy (non-hydrogen) atoms. The lowest BCUT2D eigenvalue weighted by Crippen LogP contribution is -2.42. The highest BCUT2D eigenvalue weighted by molar-refractivity contribution is 7.71. The quantitative estimate of drug-likeness (QED) is 0.587. The standard InChI is InChI=1S/C24H24N2O2S/c1-28-18-10-7-9-17(14-18)26-22(27)20-21(25-23(26)29)19-11-4-3-8-16(19)15-24(20)12-5-2-6-13-24/h3-4,7-11,14H,2,5-6,12-13,15H2,1H3,(H,25,29). The number of aromatic amines is 1. The molecule has 5 heteroatoms. The van der Waals surface area contributed by atoms with Crippen LogP contribution in [0.25, 0.3) is 16.9 Å². The van der Waals surface area contributed by atoms with E-state index in [1.807, 2.05) is 30.3 Å². The van der Waals surface area contributed by atoms with Gasteiger partial charge in [-0.1, -0.05) is 49.6 Å². The SMILES string of the molecule is COc1cccc(-n2c(=S)[nH]c3c(c2=O)C2(CCCCC2)Cc2ccccc2-3)c1. The van der Waals surface area contributed by atoms with Gasteiger partial charge >= 0.3 is 0 Å². The molecule has 0 radical (unpaired) electrons. The first-order valence-electron chi connectivity index (χ1n) is 10.3. The van der Waals surface area contributed by atoms with Crippen LogP contribution in [0.15, 0.2) is 53.3 Å². The van der Waals surface area contributed by atoms with Crippen LogP contribution in [-0.2, 0) is 11.8 Å². The molecule has 0 saturated heterocycles. The highest BCUT2D eigenvalue weighted by Crippen LogP contribution is 2.48. The molecular formula is C24H24N2O2S. The smallest absolute Gasteiger partial charge is 0.263 e. The summed E-state index contributed by atoms with van der Waals surface area (Å²) in [5.74, 6) is 0.708. The third kappa shape index (κ3) is 2.87. The molecule has 0 unspecified atom stereocenters. The summed E-state index contributed by atoms with van der Waals surface area (Å²) in [7, 11) is 1.63. The number of nitrogens with one attached hydrogen (secondary N) is 1. The monoisotopic (exact) mass is 404 g/mol. The highest BCUT2D eigenvalue weighted by atomic mass is 32.1. The van der Waals surface area contributed by atoms with E-state index in [4.69, 9.17) is 17.0 Å². The number of rotatable bonds is 2. The van der Waals surface area contributed by atoms with E-state index in [0.717, 1.165) is 54.6 Å². The van der Waals surface area contributed by atoms with Gasteiger partial charge in [-0.05, 0) is 49.2 Å². The molecule has 1 heterocycles. The average molecular weight is 405 g/mol. The third-order valence-electron chi connectivity index (χ3n) is 6.57. The largest absolute Gasteiger partial charge is 0.497 e. The molecule has 2 aliphatic rings. The Morgan fingerprint density at radius 3 is 2.66 bits per heavy atom. The first-order valence-corrected chi connectivity index (χ1v) is 10.7. The van der Waals surface area contributed by atoms with Crippen LogP contribution >= 0.6 is 12.2 Å². The lowest BCUT2D eigenvalue weighted by atomic mass is 9.62. The van der Waals surface area contributed by atoms with Crippen molar-refractivity contribution in [2.45, 2.75) is 43.9 Å². The highest BCUT2D eigenvalue weighted by Gasteiger charge is 2.42. The fraction of sp³-hybridized carbons (Fsp3) is 0.333. The predicted molar refractivity (Wildman–Crippen MR) is 118 cm³/mol. The van der Waals surface area contributed by atoms with Gasteiger partial charge in [0.1, 0.15) is 5.75 Å². The van der Waals surface area contributed by atoms with Gasteiger partial charge in [0.15, 0.2) is 4.77 Å². The maximum absolute atomic E-state index is 14.0. The number of hydrogen-bond acceptors (Lipinski definition) is 3. The van der Waals surface area contributed by atoms with Gasteiger partial charge in [0.05, 0.1) is 18.5 Å². The second kappa shape index (κ2) is 6.99. The minimum absolute atomic E-state index is 0.00778. The van der Waals surface area contributed by atoms with Gasteiger partial charge < -0.3 is 9.72 Å². The first-order chi connectivity index (χ1) is 14.1. The summed E-state index contributed by atoms with van der Waals surface area (Å²) in [6, 6.07) is 16.0. The van der Waals surface area contributed by atoms with Crippen molar-refractivity contribution in [1.82, 2.24) is 9.55 Å². The molecule has 148 valence electrons. The normalized spacial score (nSPS) is 16.9. The summed E-state index contributed by atoms with van der Waals surface area (Å²) in [6.45, 7) is 0. The van der Waals surface area contributed by atoms with Crippen LogP contribution in [0.4, 0.5) is 0 Å². The molecule has 0 amide bonds. The summed E-state index contributed by atoms with van der Waals surface area (Å²) in [5, 5.41) is 0. The number of aromatic nitrogens is 2. The second-order valence-electron chi connectivity index (χ2n) is 8.20. The third-order valence-corrected chi connectivity index (χ3v) is 6.85. The van der Waals surface area contributed by atoms with E-state index in [-0.39, 0.29) is 11.0 Å². The fourth-order valence-corrected chi connectivity index (χ4v) is 5.53. The lowest BCUT2D eigenvalue weighted by molar-refractivity contribution is 0.284. The zero-order valence-corrected chi connectivity index (χ0v) is 17.3. The Balaban J connectivity index is 1.82. The number of fused-ring (bicyclic) bond motifs is 4. The Kier molecular flexibility index (Phi) is 4.43. The van der Waals surface area contributed by atoms with Crippen LogP contribution in [0.5, 0.6) is 5.75 Å². The number of nitrogens with zero attached hydrogens (tertiary/aromatic N) is 1. The van der Waals surface area contributed by atoms with Gasteiger partial charge in [-0.3, -0.25) is 9.36 Å². The van der Waals surface area contributed by atoms with Crippen molar-refractivity contribution in [3.8, 4) is 22.7 Å². The minimum Gasteiger partial charge on any atom is -0.497 e. The van der Waals surface area contributed by atoms with Gasteiger partial charge in [0, 0.05) is 22.6 Å². The van der Waals surface area contributed by atoms with E-state index in [0.29, 0.717) is 10.5 Å². The van der Waals surface area contributed by atoms with E-state index < -0.39 is 0 Å². The van der Waals surface area contributed by atoms with Crippen LogP contribution in [0, 0.1) is 4.77 Å². The maximum Gasteiger partial charge on any atom is 0.263 e. The van der Waals surface area contributed by atoms with Gasteiger partial charge in [-0.25, -0.2) is 0 Å². The van der Waals surface area contributed by atoms with Crippen molar-refractivity contribution in [2.24, 2.45) is 0 Å². The molecule has 1 N–H and O–H groups in total. The Labute approximate surface area is 175 Å². The van der Waals surface area contributed by atoms with Crippen LogP contribution < -0.4 is 10.3 Å². The summed E-state index contributed by atoms with van der Waals surface area (Å²) < 4.78 is 7.43. The Hall–Kier alpha value is -2.66. The van der Waals surface area contributed by atoms with E-state index in [9.17, 15) is 4.79 Å². The van der Waals surface area contributed by atoms with E-state index >= 15 is 0 Å². The van der Waals surface area contributed by atoms with Crippen molar-refractivity contribution < 1.29 is 4.74 Å². The number of benzene rings is 2. The first kappa shape index (κ1) is 18.4. The second-order valence-corrected chi connectivity index (χ2v) is 8.58. The molecule has 1 saturated carbocycles. The Morgan fingerprint density at radius 1 is 1.07 bits per heavy atom. The fourth-order valence-electron chi connectivity index (χ4n) is 5.24. The summed E-state index contributed by atoms with van der Waals surface area (Å²) in [4.78, 5) is 17.4. The van der Waals surface area contributed by atoms with Crippen LogP contribution in [0.1, 0.15) is 43.2 Å². The molecule has 3 aromatic rings. The molecule has 2 aromatic carbocycles. The molecule has 1 aromatic heterocycles. The zero-order valence-electron chi connectivity index (χ0n) is 16.5. The summed E-state index contributed by atoms with van der Waals surface area (Å²) >= 11 is 5.67. The molecule has 0 atom stereocenters. The maximum atomic E-state index is 14.0. The van der Waals surface area contributed by atoms with Gasteiger partial charge in [0.25, 0.3) is 5.56 Å². The Bertz CT molecular complexity index is 1200. The lowest BCUT2D eigenvalue weighted by Gasteiger charge is -2.42. The molecular weight excluding hydrogens is 380 g/mol. The van der Waals surface area contributed by atoms with Crippen molar-refractivity contribution >= 4 is 12.2 Å². The summed E-state index contributed by atoms with van der Waals surface area (Å²) in [6.07, 6.45) is 6.59. The minimum atomic E-state index is -0.112. The van der Waals surface area contributed by atoms with Gasteiger partial charge in [0.2, 0.25) is 0 Å². The molecule has 1 spiro atoms. The van der Waals surface area contributed by atoms with Crippen LogP contribution in [0.3, 0.4) is 0 Å².